The molecule has 5 nitrogen and oxygen atoms in total. The second-order valence-corrected chi connectivity index (χ2v) is 10.7. The fourth-order valence-electron chi connectivity index (χ4n) is 5.48. The average molecular weight is 524 g/mol. The van der Waals surface area contributed by atoms with E-state index in [2.05, 4.69) is 5.32 Å². The van der Waals surface area contributed by atoms with Crippen LogP contribution in [0.1, 0.15) is 34.8 Å². The Bertz CT molecular complexity index is 1230. The van der Waals surface area contributed by atoms with E-state index in [0.29, 0.717) is 39.1 Å². The van der Waals surface area contributed by atoms with Gasteiger partial charge >= 0.3 is 5.97 Å². The highest BCUT2D eigenvalue weighted by atomic mass is 35.5. The van der Waals surface area contributed by atoms with Crippen molar-refractivity contribution in [3.63, 3.8) is 0 Å². The Hall–Kier alpha value is -2.86. The summed E-state index contributed by atoms with van der Waals surface area (Å²) >= 11 is 12.2. The van der Waals surface area contributed by atoms with Crippen LogP contribution >= 0.6 is 23.2 Å². The number of ether oxygens (including phenoxy) is 1. The van der Waals surface area contributed by atoms with Gasteiger partial charge in [-0.2, -0.15) is 0 Å². The van der Waals surface area contributed by atoms with Gasteiger partial charge in [0.25, 0.3) is 0 Å². The van der Waals surface area contributed by atoms with Gasteiger partial charge in [0.15, 0.2) is 12.1 Å². The first-order valence-corrected chi connectivity index (χ1v) is 13.1. The van der Waals surface area contributed by atoms with Crippen LogP contribution in [0.15, 0.2) is 78.9 Å². The summed E-state index contributed by atoms with van der Waals surface area (Å²) in [4.78, 5) is 26.7. The van der Waals surface area contributed by atoms with Crippen LogP contribution in [-0.4, -0.2) is 48.5 Å². The molecule has 3 aromatic rings. The molecule has 0 aliphatic carbocycles. The number of hydrogen-bond acceptors (Lipinski definition) is 4. The Kier molecular flexibility index (Phi) is 7.33. The summed E-state index contributed by atoms with van der Waals surface area (Å²) in [6.07, 6.45) is 1.66. The van der Waals surface area contributed by atoms with Gasteiger partial charge in [0.05, 0.1) is 23.1 Å². The van der Waals surface area contributed by atoms with Crippen molar-refractivity contribution in [1.82, 2.24) is 0 Å². The van der Waals surface area contributed by atoms with Gasteiger partial charge < -0.3 is 14.5 Å². The van der Waals surface area contributed by atoms with E-state index in [1.165, 1.54) is 0 Å². The number of hydrogen-bond donors (Lipinski definition) is 1. The molecule has 0 amide bonds. The number of ketones is 1. The lowest BCUT2D eigenvalue weighted by molar-refractivity contribution is -0.938. The molecule has 1 N–H and O–H groups in total. The van der Waals surface area contributed by atoms with Gasteiger partial charge in [0.2, 0.25) is 5.78 Å². The van der Waals surface area contributed by atoms with Gasteiger partial charge in [-0.05, 0) is 35.9 Å². The largest absolute Gasteiger partial charge is 0.454 e. The molecule has 1 unspecified atom stereocenters. The van der Waals surface area contributed by atoms with E-state index in [-0.39, 0.29) is 17.9 Å². The van der Waals surface area contributed by atoms with Crippen molar-refractivity contribution in [2.45, 2.75) is 25.0 Å². The zero-order chi connectivity index (χ0) is 25.1. The number of nitrogens with one attached hydrogen (secondary N) is 1. The van der Waals surface area contributed by atoms with Crippen molar-refractivity contribution >= 4 is 40.6 Å². The summed E-state index contributed by atoms with van der Waals surface area (Å²) in [6, 6.07) is 23.7. The van der Waals surface area contributed by atoms with E-state index >= 15 is 0 Å². The fourth-order valence-corrected chi connectivity index (χ4v) is 5.78. The molecule has 3 fully saturated rings. The Balaban J connectivity index is 1.31. The molecule has 3 aliphatic rings. The minimum Gasteiger partial charge on any atom is -0.454 e. The minimum atomic E-state index is -0.615. The second kappa shape index (κ2) is 10.6. The molecule has 3 aromatic carbocycles. The minimum absolute atomic E-state index is 0.0342. The fraction of sp³-hybridized carbons (Fsp3) is 0.310. The van der Waals surface area contributed by atoms with Gasteiger partial charge in [0.1, 0.15) is 13.1 Å². The number of rotatable bonds is 8. The van der Waals surface area contributed by atoms with Gasteiger partial charge in [0, 0.05) is 30.0 Å². The summed E-state index contributed by atoms with van der Waals surface area (Å²) in [5, 5.41) is 4.16. The maximum Gasteiger partial charge on any atom is 0.333 e. The highest BCUT2D eigenvalue weighted by Gasteiger charge is 2.49. The van der Waals surface area contributed by atoms with E-state index in [9.17, 15) is 9.59 Å². The van der Waals surface area contributed by atoms with Crippen molar-refractivity contribution in [1.29, 1.82) is 0 Å². The molecule has 7 heteroatoms. The molecular formula is C29H29Cl2N2O3+. The highest BCUT2D eigenvalue weighted by molar-refractivity contribution is 6.42. The number of anilines is 1. The summed E-state index contributed by atoms with van der Waals surface area (Å²) in [5.41, 5.74) is 2.27. The van der Waals surface area contributed by atoms with E-state index < -0.39 is 6.04 Å². The monoisotopic (exact) mass is 523 g/mol. The molecule has 186 valence electrons. The van der Waals surface area contributed by atoms with E-state index in [4.69, 9.17) is 27.9 Å². The predicted molar refractivity (Wildman–Crippen MR) is 142 cm³/mol. The quantitative estimate of drug-likeness (QED) is 0.217. The summed E-state index contributed by atoms with van der Waals surface area (Å²) < 4.78 is 6.83. The van der Waals surface area contributed by atoms with Gasteiger partial charge in [-0.1, -0.05) is 71.7 Å². The zero-order valence-corrected chi connectivity index (χ0v) is 21.4. The molecule has 0 spiro atoms. The molecule has 3 saturated heterocycles. The van der Waals surface area contributed by atoms with Crippen LogP contribution in [0.2, 0.25) is 10.0 Å². The van der Waals surface area contributed by atoms with Crippen molar-refractivity contribution in [3.05, 3.63) is 100 Å². The number of esters is 1. The first-order chi connectivity index (χ1) is 17.4. The van der Waals surface area contributed by atoms with Crippen molar-refractivity contribution in [2.75, 3.05) is 31.5 Å². The Morgan fingerprint density at radius 3 is 2.25 bits per heavy atom. The van der Waals surface area contributed by atoms with Crippen molar-refractivity contribution in [3.8, 4) is 0 Å². The van der Waals surface area contributed by atoms with Gasteiger partial charge in [-0.25, -0.2) is 4.79 Å². The van der Waals surface area contributed by atoms with Crippen LogP contribution in [0.5, 0.6) is 0 Å². The summed E-state index contributed by atoms with van der Waals surface area (Å²) in [7, 11) is 0. The zero-order valence-electron chi connectivity index (χ0n) is 19.9. The maximum atomic E-state index is 13.5. The lowest BCUT2D eigenvalue weighted by Crippen LogP contribution is -2.65. The van der Waals surface area contributed by atoms with Crippen molar-refractivity contribution in [2.24, 2.45) is 5.92 Å². The Labute approximate surface area is 221 Å². The molecule has 3 aliphatic heterocycles. The van der Waals surface area contributed by atoms with Gasteiger partial charge in [-0.15, -0.1) is 0 Å². The molecular weight excluding hydrogens is 495 g/mol. The lowest BCUT2D eigenvalue weighted by atomic mass is 9.82. The van der Waals surface area contributed by atoms with E-state index in [1.807, 2.05) is 60.7 Å². The van der Waals surface area contributed by atoms with Crippen LogP contribution < -0.4 is 5.32 Å². The van der Waals surface area contributed by atoms with Crippen LogP contribution in [0.4, 0.5) is 5.69 Å². The number of nitrogens with zero attached hydrogens (tertiary/aromatic N) is 1. The van der Waals surface area contributed by atoms with E-state index in [0.717, 1.165) is 37.2 Å². The SMILES string of the molecule is O=C(C[N+]12CCC(CC1)[C@@H](OC(=O)C(Nc1ccccc1)c1ccccc1)C2)c1ccc(Cl)c(Cl)c1. The Morgan fingerprint density at radius 1 is 0.917 bits per heavy atom. The molecule has 0 radical (unpaired) electrons. The number of para-hydroxylation sites is 1. The summed E-state index contributed by atoms with van der Waals surface area (Å²) in [6.45, 7) is 2.84. The Morgan fingerprint density at radius 2 is 1.58 bits per heavy atom. The van der Waals surface area contributed by atoms with Crippen LogP contribution in [0.3, 0.4) is 0 Å². The van der Waals surface area contributed by atoms with E-state index in [1.54, 1.807) is 18.2 Å². The lowest BCUT2D eigenvalue weighted by Gasteiger charge is -2.51. The number of piperidine rings is 3. The maximum absolute atomic E-state index is 13.5. The number of carbonyl (C=O) groups is 2. The topological polar surface area (TPSA) is 55.4 Å². The molecule has 0 aromatic heterocycles. The van der Waals surface area contributed by atoms with Crippen LogP contribution in [-0.2, 0) is 9.53 Å². The third-order valence-electron chi connectivity index (χ3n) is 7.48. The van der Waals surface area contributed by atoms with Gasteiger partial charge in [-0.3, -0.25) is 4.79 Å². The third-order valence-corrected chi connectivity index (χ3v) is 8.22. The average Bonchev–Trinajstić information content (AvgIpc) is 2.90. The molecule has 2 atom stereocenters. The first kappa shape index (κ1) is 24.8. The molecule has 2 bridgehead atoms. The van der Waals surface area contributed by atoms with Crippen molar-refractivity contribution < 1.29 is 18.8 Å². The number of carbonyl (C=O) groups excluding carboxylic acids is 2. The predicted octanol–water partition coefficient (Wildman–Crippen LogP) is 6.18. The smallest absolute Gasteiger partial charge is 0.333 e. The molecule has 0 saturated carbocycles. The third kappa shape index (κ3) is 5.44. The number of halogens is 2. The number of benzene rings is 3. The molecule has 6 rings (SSSR count). The number of quaternary nitrogens is 1. The van der Waals surface area contributed by atoms with Crippen LogP contribution in [0, 0.1) is 5.92 Å². The summed E-state index contributed by atoms with van der Waals surface area (Å²) in [5.74, 6) is 0.0619. The standard InChI is InChI=1S/C29H29Cl2N2O3/c30-24-12-11-22(17-25(24)31)26(34)18-33-15-13-20(14-16-33)27(19-33)36-29(35)28(21-7-3-1-4-8-21)32-23-9-5-2-6-10-23/h1-12,17,20,27-28,32H,13-16,18-19H2/q+1/t20?,27-,28?,33?/m0/s1. The number of Topliss-reactive ketones (excluding diaryl/α,β-unsaturated/α-hetero) is 1. The number of fused-ring (bicyclic) bond motifs is 3. The molecule has 3 heterocycles. The highest BCUT2D eigenvalue weighted by Crippen LogP contribution is 2.37. The van der Waals surface area contributed by atoms with Crippen LogP contribution in [0.25, 0.3) is 0 Å². The normalized spacial score (nSPS) is 23.6. The first-order valence-electron chi connectivity index (χ1n) is 12.3. The molecule has 36 heavy (non-hydrogen) atoms. The second-order valence-electron chi connectivity index (χ2n) is 9.85.